The van der Waals surface area contributed by atoms with Crippen LogP contribution in [0.2, 0.25) is 0 Å². The van der Waals surface area contributed by atoms with E-state index in [-0.39, 0.29) is 24.2 Å². The lowest BCUT2D eigenvalue weighted by Crippen LogP contribution is -2.26. The fraction of sp³-hybridized carbons (Fsp3) is 0.429. The molecule has 1 amide bonds. The average Bonchev–Trinajstić information content (AvgIpc) is 2.80. The Hall–Kier alpha value is -2.04. The lowest BCUT2D eigenvalue weighted by atomic mass is 10.1. The molecular formula is C14H17NO4. The summed E-state index contributed by atoms with van der Waals surface area (Å²) in [6.07, 6.45) is 0.239. The number of carbonyl (C=O) groups is 2. The zero-order valence-electron chi connectivity index (χ0n) is 11.1. The predicted molar refractivity (Wildman–Crippen MR) is 68.5 cm³/mol. The molecule has 2 rings (SSSR count). The molecule has 0 spiro atoms. The Bertz CT molecular complexity index is 469. The molecule has 1 heterocycles. The average molecular weight is 263 g/mol. The quantitative estimate of drug-likeness (QED) is 0.766. The molecule has 5 heteroatoms. The second-order valence-electron chi connectivity index (χ2n) is 4.55. The molecular weight excluding hydrogens is 246 g/mol. The summed E-state index contributed by atoms with van der Waals surface area (Å²) in [4.78, 5) is 24.9. The number of benzene rings is 1. The van der Waals surface area contributed by atoms with Crippen LogP contribution in [0.25, 0.3) is 0 Å². The van der Waals surface area contributed by atoms with Gasteiger partial charge in [0.25, 0.3) is 0 Å². The molecule has 0 aliphatic carbocycles. The number of hydrogen-bond donors (Lipinski definition) is 0. The van der Waals surface area contributed by atoms with E-state index in [1.807, 2.05) is 24.3 Å². The number of nitrogens with zero attached hydrogens (tertiary/aromatic N) is 1. The molecule has 1 aliphatic heterocycles. The number of carbonyl (C=O) groups excluding carboxylic acids is 2. The molecule has 0 radical (unpaired) electrons. The van der Waals surface area contributed by atoms with Crippen LogP contribution in [0.15, 0.2) is 24.3 Å². The van der Waals surface area contributed by atoms with E-state index in [0.29, 0.717) is 13.1 Å². The maximum atomic E-state index is 11.8. The van der Waals surface area contributed by atoms with Gasteiger partial charge in [0.05, 0.1) is 20.1 Å². The molecule has 0 aromatic heterocycles. The number of likely N-dealkylation sites (tertiary alicyclic amines) is 1. The first-order chi connectivity index (χ1) is 9.13. The zero-order chi connectivity index (χ0) is 13.8. The van der Waals surface area contributed by atoms with Crippen LogP contribution in [0.1, 0.15) is 12.0 Å². The van der Waals surface area contributed by atoms with E-state index in [1.165, 1.54) is 7.11 Å². The molecule has 19 heavy (non-hydrogen) atoms. The monoisotopic (exact) mass is 263 g/mol. The summed E-state index contributed by atoms with van der Waals surface area (Å²) in [7, 11) is 2.96. The molecule has 1 fully saturated rings. The summed E-state index contributed by atoms with van der Waals surface area (Å²) in [6.45, 7) is 0.938. The number of ether oxygens (including phenoxy) is 2. The zero-order valence-corrected chi connectivity index (χ0v) is 11.1. The van der Waals surface area contributed by atoms with E-state index < -0.39 is 0 Å². The van der Waals surface area contributed by atoms with Crippen LogP contribution in [0, 0.1) is 5.92 Å². The highest BCUT2D eigenvalue weighted by atomic mass is 16.5. The van der Waals surface area contributed by atoms with Gasteiger partial charge in [0.2, 0.25) is 5.91 Å². The summed E-state index contributed by atoms with van der Waals surface area (Å²) in [6, 6.07) is 7.54. The normalized spacial score (nSPS) is 18.5. The Morgan fingerprint density at radius 1 is 1.32 bits per heavy atom. The first-order valence-electron chi connectivity index (χ1n) is 6.12. The number of amides is 1. The minimum Gasteiger partial charge on any atom is -0.497 e. The molecule has 0 N–H and O–H groups in total. The van der Waals surface area contributed by atoms with Crippen LogP contribution >= 0.6 is 0 Å². The third-order valence-corrected chi connectivity index (χ3v) is 3.28. The van der Waals surface area contributed by atoms with Gasteiger partial charge in [-0.05, 0) is 17.7 Å². The van der Waals surface area contributed by atoms with Gasteiger partial charge >= 0.3 is 5.97 Å². The summed E-state index contributed by atoms with van der Waals surface area (Å²) in [5.41, 5.74) is 1.01. The van der Waals surface area contributed by atoms with Gasteiger partial charge in [-0.15, -0.1) is 0 Å². The van der Waals surface area contributed by atoms with Crippen LogP contribution in [0.4, 0.5) is 0 Å². The molecule has 1 aromatic rings. The molecule has 1 aromatic carbocycles. The van der Waals surface area contributed by atoms with Crippen LogP contribution < -0.4 is 4.74 Å². The standard InChI is InChI=1S/C14H17NO4/c1-18-12-5-3-10(4-6-12)8-15-9-11(7-13(15)16)14(17)19-2/h3-6,11H,7-9H2,1-2H3/t11-/m0/s1. The summed E-state index contributed by atoms with van der Waals surface area (Å²) in [5, 5.41) is 0. The highest BCUT2D eigenvalue weighted by molar-refractivity contribution is 5.86. The first kappa shape index (κ1) is 13.4. The summed E-state index contributed by atoms with van der Waals surface area (Å²) in [5.74, 6) is 0.122. The lowest BCUT2D eigenvalue weighted by molar-refractivity contribution is -0.145. The minimum atomic E-state index is -0.337. The SMILES string of the molecule is COC(=O)[C@H]1CC(=O)N(Cc2ccc(OC)cc2)C1. The predicted octanol–water partition coefficient (Wildman–Crippen LogP) is 1.22. The lowest BCUT2D eigenvalue weighted by Gasteiger charge is -2.16. The molecule has 0 bridgehead atoms. The van der Waals surface area contributed by atoms with Gasteiger partial charge in [0.15, 0.2) is 0 Å². The van der Waals surface area contributed by atoms with Crippen LogP contribution in [0.5, 0.6) is 5.75 Å². The molecule has 102 valence electrons. The van der Waals surface area contributed by atoms with Crippen molar-refractivity contribution < 1.29 is 19.1 Å². The molecule has 1 atom stereocenters. The highest BCUT2D eigenvalue weighted by Gasteiger charge is 2.34. The molecule has 1 aliphatic rings. The Morgan fingerprint density at radius 3 is 2.58 bits per heavy atom. The third kappa shape index (κ3) is 3.05. The number of rotatable bonds is 4. The molecule has 5 nitrogen and oxygen atoms in total. The fourth-order valence-corrected chi connectivity index (χ4v) is 2.20. The molecule has 1 saturated heterocycles. The smallest absolute Gasteiger partial charge is 0.310 e. The van der Waals surface area contributed by atoms with Crippen LogP contribution in [-0.4, -0.2) is 37.5 Å². The topological polar surface area (TPSA) is 55.8 Å². The van der Waals surface area contributed by atoms with Crippen LogP contribution in [-0.2, 0) is 20.9 Å². The van der Waals surface area contributed by atoms with E-state index >= 15 is 0 Å². The first-order valence-corrected chi connectivity index (χ1v) is 6.12. The fourth-order valence-electron chi connectivity index (χ4n) is 2.20. The largest absolute Gasteiger partial charge is 0.497 e. The number of methoxy groups -OCH3 is 2. The van der Waals surface area contributed by atoms with Gasteiger partial charge in [-0.2, -0.15) is 0 Å². The number of hydrogen-bond acceptors (Lipinski definition) is 4. The molecule has 0 saturated carbocycles. The van der Waals surface area contributed by atoms with Gasteiger partial charge < -0.3 is 14.4 Å². The van der Waals surface area contributed by atoms with E-state index in [4.69, 9.17) is 4.74 Å². The Balaban J connectivity index is 1.99. The van der Waals surface area contributed by atoms with Crippen LogP contribution in [0.3, 0.4) is 0 Å². The van der Waals surface area contributed by atoms with E-state index in [0.717, 1.165) is 11.3 Å². The maximum absolute atomic E-state index is 11.8. The Kier molecular flexibility index (Phi) is 4.04. The Morgan fingerprint density at radius 2 is 2.00 bits per heavy atom. The van der Waals surface area contributed by atoms with Crippen molar-refractivity contribution in [2.75, 3.05) is 20.8 Å². The van der Waals surface area contributed by atoms with Crippen molar-refractivity contribution in [3.8, 4) is 5.75 Å². The maximum Gasteiger partial charge on any atom is 0.310 e. The van der Waals surface area contributed by atoms with E-state index in [1.54, 1.807) is 12.0 Å². The molecule has 0 unspecified atom stereocenters. The van der Waals surface area contributed by atoms with Crippen molar-refractivity contribution >= 4 is 11.9 Å². The van der Waals surface area contributed by atoms with Gasteiger partial charge in [-0.1, -0.05) is 12.1 Å². The highest BCUT2D eigenvalue weighted by Crippen LogP contribution is 2.22. The second kappa shape index (κ2) is 5.73. The summed E-state index contributed by atoms with van der Waals surface area (Å²) >= 11 is 0. The van der Waals surface area contributed by atoms with Crippen molar-refractivity contribution in [2.24, 2.45) is 5.92 Å². The van der Waals surface area contributed by atoms with Crippen molar-refractivity contribution in [2.45, 2.75) is 13.0 Å². The van der Waals surface area contributed by atoms with Crippen molar-refractivity contribution in [1.82, 2.24) is 4.90 Å². The van der Waals surface area contributed by atoms with Gasteiger partial charge in [-0.25, -0.2) is 0 Å². The Labute approximate surface area is 112 Å². The van der Waals surface area contributed by atoms with E-state index in [2.05, 4.69) is 4.74 Å². The number of esters is 1. The van der Waals surface area contributed by atoms with Crippen molar-refractivity contribution in [3.63, 3.8) is 0 Å². The van der Waals surface area contributed by atoms with Gasteiger partial charge in [0, 0.05) is 19.5 Å². The van der Waals surface area contributed by atoms with E-state index in [9.17, 15) is 9.59 Å². The van der Waals surface area contributed by atoms with Gasteiger partial charge in [0.1, 0.15) is 5.75 Å². The minimum absolute atomic E-state index is 0.00813. The van der Waals surface area contributed by atoms with Crippen molar-refractivity contribution in [1.29, 1.82) is 0 Å². The summed E-state index contributed by atoms with van der Waals surface area (Å²) < 4.78 is 9.76. The van der Waals surface area contributed by atoms with Gasteiger partial charge in [-0.3, -0.25) is 9.59 Å². The third-order valence-electron chi connectivity index (χ3n) is 3.28. The van der Waals surface area contributed by atoms with Crippen molar-refractivity contribution in [3.05, 3.63) is 29.8 Å². The second-order valence-corrected chi connectivity index (χ2v) is 4.55.